The molecule has 5 heteroatoms. The predicted molar refractivity (Wildman–Crippen MR) is 123 cm³/mol. The van der Waals surface area contributed by atoms with Crippen LogP contribution in [-0.2, 0) is 16.0 Å². The number of carbonyl (C=O) groups is 2. The van der Waals surface area contributed by atoms with Crippen LogP contribution in [0.5, 0.6) is 5.75 Å². The molecule has 5 nitrogen and oxygen atoms in total. The van der Waals surface area contributed by atoms with Crippen LogP contribution in [0.2, 0.25) is 0 Å². The molecule has 2 heterocycles. The zero-order valence-electron chi connectivity index (χ0n) is 18.4. The highest BCUT2D eigenvalue weighted by atomic mass is 16.5. The Hall–Kier alpha value is -3.08. The summed E-state index contributed by atoms with van der Waals surface area (Å²) in [4.78, 5) is 30.6. The van der Waals surface area contributed by atoms with Gasteiger partial charge in [0.25, 0.3) is 11.8 Å². The number of carbonyl (C=O) groups excluding carboxylic acids is 2. The molecule has 0 radical (unpaired) electrons. The minimum Gasteiger partial charge on any atom is -0.497 e. The Morgan fingerprint density at radius 2 is 1.71 bits per heavy atom. The van der Waals surface area contributed by atoms with Gasteiger partial charge in [-0.3, -0.25) is 14.5 Å². The Morgan fingerprint density at radius 3 is 2.45 bits per heavy atom. The quantitative estimate of drug-likeness (QED) is 0.456. The van der Waals surface area contributed by atoms with Gasteiger partial charge in [0.2, 0.25) is 0 Å². The van der Waals surface area contributed by atoms with E-state index in [0.717, 1.165) is 62.1 Å². The largest absolute Gasteiger partial charge is 0.497 e. The molecule has 0 unspecified atom stereocenters. The highest BCUT2D eigenvalue weighted by molar-refractivity contribution is 6.36. The molecule has 2 amide bonds. The highest BCUT2D eigenvalue weighted by Crippen LogP contribution is 2.38. The number of unbranched alkanes of at least 4 members (excludes halogenated alkanes) is 3. The molecule has 4 rings (SSSR count). The molecule has 0 N–H and O–H groups in total. The number of methoxy groups -OCH3 is 1. The molecule has 2 aromatic carbocycles. The Bertz CT molecular complexity index is 994. The third kappa shape index (κ3) is 4.09. The van der Waals surface area contributed by atoms with E-state index in [2.05, 4.69) is 24.0 Å². The SMILES string of the molecule is CCCCCCN1C(=O)C(c2ccc(OC)cc2)=C(N2CCCc3ccccc32)C1=O. The second kappa shape index (κ2) is 9.38. The minimum atomic E-state index is -0.190. The van der Waals surface area contributed by atoms with Crippen molar-refractivity contribution in [3.8, 4) is 5.75 Å². The van der Waals surface area contributed by atoms with Gasteiger partial charge in [0.05, 0.1) is 12.7 Å². The van der Waals surface area contributed by atoms with Gasteiger partial charge >= 0.3 is 0 Å². The van der Waals surface area contributed by atoms with Crippen LogP contribution in [0.4, 0.5) is 5.69 Å². The topological polar surface area (TPSA) is 49.9 Å². The van der Waals surface area contributed by atoms with Gasteiger partial charge in [-0.2, -0.15) is 0 Å². The fourth-order valence-electron chi connectivity index (χ4n) is 4.50. The molecule has 0 fully saturated rings. The Kier molecular flexibility index (Phi) is 6.40. The van der Waals surface area contributed by atoms with Gasteiger partial charge in [-0.1, -0.05) is 56.5 Å². The molecule has 162 valence electrons. The number of nitrogens with zero attached hydrogens (tertiary/aromatic N) is 2. The van der Waals surface area contributed by atoms with Crippen molar-refractivity contribution in [3.05, 3.63) is 65.4 Å². The van der Waals surface area contributed by atoms with E-state index in [-0.39, 0.29) is 11.8 Å². The van der Waals surface area contributed by atoms with E-state index in [1.165, 1.54) is 10.5 Å². The van der Waals surface area contributed by atoms with Crippen LogP contribution in [-0.4, -0.2) is 36.9 Å². The lowest BCUT2D eigenvalue weighted by atomic mass is 9.98. The molecule has 0 bridgehead atoms. The van der Waals surface area contributed by atoms with Crippen LogP contribution in [0.25, 0.3) is 5.57 Å². The number of hydrogen-bond donors (Lipinski definition) is 0. The number of aryl methyl sites for hydroxylation is 1. The summed E-state index contributed by atoms with van der Waals surface area (Å²) in [5.74, 6) is 0.358. The van der Waals surface area contributed by atoms with Crippen LogP contribution < -0.4 is 9.64 Å². The number of rotatable bonds is 8. The lowest BCUT2D eigenvalue weighted by Crippen LogP contribution is -2.37. The standard InChI is InChI=1S/C26H30N2O3/c1-3-4-5-8-17-28-25(29)23(20-13-15-21(31-2)16-14-20)24(26(28)30)27-18-9-11-19-10-6-7-12-22(19)27/h6-7,10,12-16H,3-5,8-9,11,17-18H2,1-2H3. The molecule has 2 aliphatic heterocycles. The van der Waals surface area contributed by atoms with Crippen LogP contribution >= 0.6 is 0 Å². The molecule has 0 saturated carbocycles. The van der Waals surface area contributed by atoms with Crippen LogP contribution in [0.3, 0.4) is 0 Å². The maximum Gasteiger partial charge on any atom is 0.278 e. The van der Waals surface area contributed by atoms with Gasteiger partial charge in [0.1, 0.15) is 11.4 Å². The van der Waals surface area contributed by atoms with E-state index >= 15 is 0 Å². The van der Waals surface area contributed by atoms with Crippen LogP contribution in [0.15, 0.2) is 54.2 Å². The summed E-state index contributed by atoms with van der Waals surface area (Å²) >= 11 is 0. The second-order valence-electron chi connectivity index (χ2n) is 8.16. The number of anilines is 1. The number of imide groups is 1. The van der Waals surface area contributed by atoms with Gasteiger partial charge in [-0.15, -0.1) is 0 Å². The van der Waals surface area contributed by atoms with Crippen molar-refractivity contribution in [3.63, 3.8) is 0 Å². The molecular weight excluding hydrogens is 388 g/mol. The van der Waals surface area contributed by atoms with Gasteiger partial charge in [-0.05, 0) is 48.6 Å². The van der Waals surface area contributed by atoms with Crippen molar-refractivity contribution < 1.29 is 14.3 Å². The van der Waals surface area contributed by atoms with Gasteiger partial charge < -0.3 is 9.64 Å². The number of para-hydroxylation sites is 1. The summed E-state index contributed by atoms with van der Waals surface area (Å²) in [6.45, 7) is 3.35. The zero-order chi connectivity index (χ0) is 21.8. The van der Waals surface area contributed by atoms with Crippen molar-refractivity contribution in [2.24, 2.45) is 0 Å². The van der Waals surface area contributed by atoms with E-state index in [1.807, 2.05) is 36.4 Å². The number of amides is 2. The Balaban J connectivity index is 1.75. The number of hydrogen-bond acceptors (Lipinski definition) is 4. The summed E-state index contributed by atoms with van der Waals surface area (Å²) in [6, 6.07) is 15.6. The molecule has 0 aromatic heterocycles. The summed E-state index contributed by atoms with van der Waals surface area (Å²) in [5, 5.41) is 0. The van der Waals surface area contributed by atoms with Gasteiger partial charge in [-0.25, -0.2) is 0 Å². The van der Waals surface area contributed by atoms with Crippen molar-refractivity contribution in [2.75, 3.05) is 25.1 Å². The summed E-state index contributed by atoms with van der Waals surface area (Å²) in [5.41, 5.74) is 4.02. The third-order valence-electron chi connectivity index (χ3n) is 6.14. The third-order valence-corrected chi connectivity index (χ3v) is 6.14. The molecule has 0 atom stereocenters. The van der Waals surface area contributed by atoms with Crippen LogP contribution in [0, 0.1) is 0 Å². The van der Waals surface area contributed by atoms with E-state index < -0.39 is 0 Å². The monoisotopic (exact) mass is 418 g/mol. The van der Waals surface area contributed by atoms with Gasteiger partial charge in [0, 0.05) is 18.8 Å². The first-order valence-corrected chi connectivity index (χ1v) is 11.3. The van der Waals surface area contributed by atoms with Crippen molar-refractivity contribution in [1.29, 1.82) is 0 Å². The summed E-state index contributed by atoms with van der Waals surface area (Å²) in [6.07, 6.45) is 6.03. The van der Waals surface area contributed by atoms with E-state index in [1.54, 1.807) is 7.11 Å². The maximum absolute atomic E-state index is 13.6. The Labute approximate surface area is 184 Å². The smallest absolute Gasteiger partial charge is 0.278 e. The van der Waals surface area contributed by atoms with Crippen LogP contribution in [0.1, 0.15) is 50.2 Å². The maximum atomic E-state index is 13.6. The fourth-order valence-corrected chi connectivity index (χ4v) is 4.50. The summed E-state index contributed by atoms with van der Waals surface area (Å²) < 4.78 is 5.28. The van der Waals surface area contributed by atoms with Crippen molar-refractivity contribution >= 4 is 23.1 Å². The number of ether oxygens (including phenoxy) is 1. The minimum absolute atomic E-state index is 0.177. The first-order valence-electron chi connectivity index (χ1n) is 11.3. The van der Waals surface area contributed by atoms with E-state index in [9.17, 15) is 9.59 Å². The zero-order valence-corrected chi connectivity index (χ0v) is 18.4. The van der Waals surface area contributed by atoms with E-state index in [4.69, 9.17) is 4.74 Å². The van der Waals surface area contributed by atoms with Crippen molar-refractivity contribution in [1.82, 2.24) is 4.90 Å². The molecule has 2 aromatic rings. The lowest BCUT2D eigenvalue weighted by molar-refractivity contribution is -0.137. The molecule has 31 heavy (non-hydrogen) atoms. The Morgan fingerprint density at radius 1 is 0.935 bits per heavy atom. The van der Waals surface area contributed by atoms with Gasteiger partial charge in [0.15, 0.2) is 0 Å². The molecule has 2 aliphatic rings. The molecule has 0 spiro atoms. The molecular formula is C26H30N2O3. The first-order chi connectivity index (χ1) is 15.2. The first kappa shape index (κ1) is 21.2. The fraction of sp³-hybridized carbons (Fsp3) is 0.385. The number of fused-ring (bicyclic) bond motifs is 1. The van der Waals surface area contributed by atoms with E-state index in [0.29, 0.717) is 17.8 Å². The lowest BCUT2D eigenvalue weighted by Gasteiger charge is -2.32. The summed E-state index contributed by atoms with van der Waals surface area (Å²) in [7, 11) is 1.62. The highest BCUT2D eigenvalue weighted by Gasteiger charge is 2.42. The average molecular weight is 419 g/mol. The molecule has 0 aliphatic carbocycles. The second-order valence-corrected chi connectivity index (χ2v) is 8.16. The predicted octanol–water partition coefficient (Wildman–Crippen LogP) is 4.81. The number of benzene rings is 2. The molecule has 0 saturated heterocycles. The normalized spacial score (nSPS) is 16.2. The van der Waals surface area contributed by atoms with Crippen molar-refractivity contribution in [2.45, 2.75) is 45.4 Å². The average Bonchev–Trinajstić information content (AvgIpc) is 3.06.